The summed E-state index contributed by atoms with van der Waals surface area (Å²) in [6.07, 6.45) is 8.49. The van der Waals surface area contributed by atoms with E-state index >= 15 is 0 Å². The molecule has 17 heavy (non-hydrogen) atoms. The molecular weight excluding hydrogens is 206 g/mol. The van der Waals surface area contributed by atoms with Crippen LogP contribution >= 0.6 is 0 Å². The van der Waals surface area contributed by atoms with Crippen LogP contribution in [0.5, 0.6) is 0 Å². The minimum atomic E-state index is 0.839. The molecule has 2 rings (SSSR count). The third-order valence-electron chi connectivity index (χ3n) is 3.42. The molecule has 0 spiro atoms. The molecule has 0 aliphatic heterocycles. The van der Waals surface area contributed by atoms with Gasteiger partial charge in [0.05, 0.1) is 0 Å². The van der Waals surface area contributed by atoms with Crippen LogP contribution in [-0.4, -0.2) is 6.54 Å². The van der Waals surface area contributed by atoms with Gasteiger partial charge in [0.25, 0.3) is 0 Å². The fourth-order valence-electron chi connectivity index (χ4n) is 2.63. The molecule has 0 bridgehead atoms. The van der Waals surface area contributed by atoms with Crippen molar-refractivity contribution in [3.63, 3.8) is 0 Å². The highest BCUT2D eigenvalue weighted by molar-refractivity contribution is 5.28. The highest BCUT2D eigenvalue weighted by Crippen LogP contribution is 2.17. The quantitative estimate of drug-likeness (QED) is 0.775. The normalized spacial score (nSPS) is 19.5. The van der Waals surface area contributed by atoms with Crippen LogP contribution in [0.3, 0.4) is 0 Å². The molecule has 1 nitrogen and oxygen atoms in total. The Bertz CT molecular complexity index is 372. The van der Waals surface area contributed by atoms with Gasteiger partial charge in [-0.05, 0) is 51.1 Å². The van der Waals surface area contributed by atoms with Crippen LogP contribution in [0.2, 0.25) is 0 Å². The van der Waals surface area contributed by atoms with Gasteiger partial charge in [0.15, 0.2) is 0 Å². The highest BCUT2D eigenvalue weighted by Gasteiger charge is 2.08. The van der Waals surface area contributed by atoms with Gasteiger partial charge in [-0.15, -0.1) is 0 Å². The molecule has 0 aromatic heterocycles. The summed E-state index contributed by atoms with van der Waals surface area (Å²) in [7, 11) is 0. The van der Waals surface area contributed by atoms with E-state index in [9.17, 15) is 0 Å². The molecule has 1 aliphatic carbocycles. The van der Waals surface area contributed by atoms with E-state index in [1.165, 1.54) is 36.0 Å². The predicted molar refractivity (Wildman–Crippen MR) is 74.1 cm³/mol. The highest BCUT2D eigenvalue weighted by atomic mass is 14.9. The molecule has 1 aromatic carbocycles. The first kappa shape index (κ1) is 12.4. The number of rotatable bonds is 4. The van der Waals surface area contributed by atoms with Crippen molar-refractivity contribution in [2.24, 2.45) is 5.92 Å². The molecule has 1 atom stereocenters. The first-order valence-electron chi connectivity index (χ1n) is 6.67. The van der Waals surface area contributed by atoms with Gasteiger partial charge in [0.2, 0.25) is 0 Å². The number of benzene rings is 1. The van der Waals surface area contributed by atoms with E-state index < -0.39 is 0 Å². The maximum atomic E-state index is 3.59. The molecular formula is C16H23N. The average molecular weight is 229 g/mol. The lowest BCUT2D eigenvalue weighted by Crippen LogP contribution is -2.23. The Kier molecular flexibility index (Phi) is 4.38. The van der Waals surface area contributed by atoms with Gasteiger partial charge in [-0.25, -0.2) is 0 Å². The Balaban J connectivity index is 1.79. The minimum absolute atomic E-state index is 0.839. The van der Waals surface area contributed by atoms with Crippen molar-refractivity contribution in [1.82, 2.24) is 5.32 Å². The summed E-state index contributed by atoms with van der Waals surface area (Å²) >= 11 is 0. The number of hydrogen-bond acceptors (Lipinski definition) is 1. The third kappa shape index (κ3) is 4.01. The van der Waals surface area contributed by atoms with E-state index in [2.05, 4.69) is 49.5 Å². The van der Waals surface area contributed by atoms with E-state index in [0.717, 1.165) is 19.0 Å². The molecule has 1 heteroatoms. The predicted octanol–water partition coefficient (Wildman–Crippen LogP) is 3.75. The van der Waals surface area contributed by atoms with Crippen molar-refractivity contribution >= 4 is 0 Å². The summed E-state index contributed by atoms with van der Waals surface area (Å²) in [5, 5.41) is 3.59. The summed E-state index contributed by atoms with van der Waals surface area (Å²) in [6, 6.07) is 6.79. The molecule has 1 aromatic rings. The lowest BCUT2D eigenvalue weighted by atomic mass is 9.94. The van der Waals surface area contributed by atoms with Gasteiger partial charge in [-0.2, -0.15) is 0 Å². The molecule has 0 radical (unpaired) electrons. The van der Waals surface area contributed by atoms with E-state index in [0.29, 0.717) is 0 Å². The van der Waals surface area contributed by atoms with E-state index in [1.807, 2.05) is 0 Å². The summed E-state index contributed by atoms with van der Waals surface area (Å²) in [6.45, 7) is 6.49. The van der Waals surface area contributed by atoms with Crippen LogP contribution in [0.15, 0.2) is 30.4 Å². The monoisotopic (exact) mass is 229 g/mol. The second-order valence-corrected chi connectivity index (χ2v) is 5.28. The largest absolute Gasteiger partial charge is 0.312 e. The van der Waals surface area contributed by atoms with E-state index in [4.69, 9.17) is 0 Å². The topological polar surface area (TPSA) is 12.0 Å². The fourth-order valence-corrected chi connectivity index (χ4v) is 2.63. The van der Waals surface area contributed by atoms with Gasteiger partial charge < -0.3 is 5.32 Å². The van der Waals surface area contributed by atoms with Gasteiger partial charge in [-0.3, -0.25) is 0 Å². The Morgan fingerprint density at radius 2 is 1.88 bits per heavy atom. The molecule has 1 aliphatic rings. The first-order chi connectivity index (χ1) is 8.24. The maximum Gasteiger partial charge on any atom is 0.0205 e. The number of allylic oxidation sites excluding steroid dienone is 2. The standard InChI is InChI=1S/C16H23N/c1-13-8-14(2)10-16(9-13)12-17-11-15-6-4-3-5-7-15/h3-4,8-10,15,17H,5-7,11-12H2,1-2H3. The molecule has 92 valence electrons. The first-order valence-corrected chi connectivity index (χ1v) is 6.67. The molecule has 0 saturated carbocycles. The lowest BCUT2D eigenvalue weighted by molar-refractivity contribution is 0.440. The number of hydrogen-bond donors (Lipinski definition) is 1. The molecule has 1 N–H and O–H groups in total. The SMILES string of the molecule is Cc1cc(C)cc(CNCC2CC=CCC2)c1. The Hall–Kier alpha value is -1.08. The molecule has 0 amide bonds. The summed E-state index contributed by atoms with van der Waals surface area (Å²) in [4.78, 5) is 0. The number of nitrogens with one attached hydrogen (secondary N) is 1. The van der Waals surface area contributed by atoms with Crippen molar-refractivity contribution in [2.75, 3.05) is 6.54 Å². The van der Waals surface area contributed by atoms with Crippen molar-refractivity contribution in [1.29, 1.82) is 0 Å². The third-order valence-corrected chi connectivity index (χ3v) is 3.42. The van der Waals surface area contributed by atoms with Crippen LogP contribution in [-0.2, 0) is 6.54 Å². The zero-order chi connectivity index (χ0) is 12.1. The van der Waals surface area contributed by atoms with E-state index in [-0.39, 0.29) is 0 Å². The fraction of sp³-hybridized carbons (Fsp3) is 0.500. The minimum Gasteiger partial charge on any atom is -0.312 e. The Morgan fingerprint density at radius 1 is 1.12 bits per heavy atom. The van der Waals surface area contributed by atoms with Crippen molar-refractivity contribution in [2.45, 2.75) is 39.7 Å². The zero-order valence-electron chi connectivity index (χ0n) is 11.0. The molecule has 0 fully saturated rings. The Morgan fingerprint density at radius 3 is 2.53 bits per heavy atom. The van der Waals surface area contributed by atoms with Crippen LogP contribution in [0.25, 0.3) is 0 Å². The smallest absolute Gasteiger partial charge is 0.0205 e. The molecule has 1 unspecified atom stereocenters. The van der Waals surface area contributed by atoms with Crippen LogP contribution in [0.1, 0.15) is 36.0 Å². The van der Waals surface area contributed by atoms with Gasteiger partial charge in [-0.1, -0.05) is 41.5 Å². The Labute approximate surface area is 105 Å². The zero-order valence-corrected chi connectivity index (χ0v) is 11.0. The van der Waals surface area contributed by atoms with Gasteiger partial charge in [0, 0.05) is 6.54 Å². The molecule has 0 saturated heterocycles. The lowest BCUT2D eigenvalue weighted by Gasteiger charge is -2.18. The second-order valence-electron chi connectivity index (χ2n) is 5.28. The average Bonchev–Trinajstić information content (AvgIpc) is 2.29. The van der Waals surface area contributed by atoms with Crippen molar-refractivity contribution in [3.8, 4) is 0 Å². The van der Waals surface area contributed by atoms with Gasteiger partial charge >= 0.3 is 0 Å². The van der Waals surface area contributed by atoms with Crippen LogP contribution in [0.4, 0.5) is 0 Å². The summed E-state index contributed by atoms with van der Waals surface area (Å²) < 4.78 is 0. The van der Waals surface area contributed by atoms with Gasteiger partial charge in [0.1, 0.15) is 0 Å². The summed E-state index contributed by atoms with van der Waals surface area (Å²) in [5.74, 6) is 0.839. The number of aryl methyl sites for hydroxylation is 2. The summed E-state index contributed by atoms with van der Waals surface area (Å²) in [5.41, 5.74) is 4.14. The van der Waals surface area contributed by atoms with E-state index in [1.54, 1.807) is 0 Å². The molecule has 0 heterocycles. The maximum absolute atomic E-state index is 3.59. The second kappa shape index (κ2) is 6.02. The van der Waals surface area contributed by atoms with Crippen molar-refractivity contribution < 1.29 is 0 Å². The van der Waals surface area contributed by atoms with Crippen LogP contribution in [0, 0.1) is 19.8 Å². The van der Waals surface area contributed by atoms with Crippen molar-refractivity contribution in [3.05, 3.63) is 47.0 Å². The van der Waals surface area contributed by atoms with Crippen LogP contribution < -0.4 is 5.32 Å².